The number of rotatable bonds is 22. The highest BCUT2D eigenvalue weighted by Gasteiger charge is 2.55. The number of nitrogens with one attached hydrogen (secondary N) is 2. The maximum atomic E-state index is 14.3. The van der Waals surface area contributed by atoms with Crippen LogP contribution in [-0.2, 0) is 75.8 Å². The molecule has 83 heavy (non-hydrogen) atoms. The van der Waals surface area contributed by atoms with E-state index < -0.39 is 161 Å². The zero-order valence-electron chi connectivity index (χ0n) is 43.1. The summed E-state index contributed by atoms with van der Waals surface area (Å²) in [5.41, 5.74) is 13.2. The Hall–Kier alpha value is -5.41. The Labute approximate surface area is 462 Å². The molecule has 6 aromatic rings. The summed E-state index contributed by atoms with van der Waals surface area (Å²) in [7, 11) is -24.2. The van der Waals surface area contributed by atoms with Crippen LogP contribution in [0.5, 0.6) is 0 Å². The van der Waals surface area contributed by atoms with Gasteiger partial charge in [-0.25, -0.2) is 42.3 Å². The van der Waals surface area contributed by atoms with Crippen molar-refractivity contribution in [3.05, 3.63) is 46.0 Å². The summed E-state index contributed by atoms with van der Waals surface area (Å²) in [5, 5.41) is 33.4. The molecule has 0 radical (unpaired) electrons. The third-order valence-electron chi connectivity index (χ3n) is 13.2. The number of ether oxygens (including phenoxy) is 4. The molecule has 456 valence electrons. The molecule has 0 bridgehead atoms. The van der Waals surface area contributed by atoms with Crippen LogP contribution < -0.4 is 37.8 Å². The number of carbonyl (C=O) groups is 1. The topological polar surface area (TPSA) is 593 Å². The van der Waals surface area contributed by atoms with E-state index in [1.165, 1.54) is 36.6 Å². The molecule has 0 spiro atoms. The van der Waals surface area contributed by atoms with E-state index in [0.29, 0.717) is 0 Å². The molecular weight excluding hydrogens is 1220 g/mol. The molecule has 0 saturated carbocycles. The van der Waals surface area contributed by atoms with Gasteiger partial charge in [-0.05, 0) is 0 Å². The van der Waals surface area contributed by atoms with E-state index in [1.54, 1.807) is 0 Å². The van der Waals surface area contributed by atoms with Crippen LogP contribution in [0.25, 0.3) is 33.5 Å². The Morgan fingerprint density at radius 2 is 1.34 bits per heavy atom. The third kappa shape index (κ3) is 12.8. The molecule has 9 heterocycles. The summed E-state index contributed by atoms with van der Waals surface area (Å²) >= 11 is 0. The second-order valence-electron chi connectivity index (χ2n) is 19.1. The molecule has 6 aromatic heterocycles. The number of aryl methyl sites for hydroxylation is 1. The monoisotopic (exact) mass is 1280 g/mol. The van der Waals surface area contributed by atoms with Gasteiger partial charge in [0.2, 0.25) is 23.6 Å². The van der Waals surface area contributed by atoms with Crippen molar-refractivity contribution in [1.29, 1.82) is 0 Å². The van der Waals surface area contributed by atoms with E-state index in [4.69, 9.17) is 49.7 Å². The van der Waals surface area contributed by atoms with Crippen LogP contribution in [0.2, 0.25) is 0 Å². The zero-order valence-corrected chi connectivity index (χ0v) is 47.6. The third-order valence-corrected chi connectivity index (χ3v) is 22.6. The van der Waals surface area contributed by atoms with E-state index >= 15 is 0 Å². The lowest BCUT2D eigenvalue weighted by molar-refractivity contribution is -0.745. The molecule has 6 unspecified atom stereocenters. The molecule has 41 nitrogen and oxygen atoms in total. The number of hydrogen-bond acceptors (Lipinski definition) is 30. The average Bonchev–Trinajstić information content (AvgIpc) is 2.97. The molecule has 0 aromatic carbocycles. The number of aliphatic hydroxyl groups excluding tert-OH is 3. The first-order chi connectivity index (χ1) is 38.7. The molecule has 3 aliphatic rings. The molecule has 1 amide bonds. The van der Waals surface area contributed by atoms with Crippen LogP contribution in [0.1, 0.15) is 25.1 Å². The predicted octanol–water partition coefficient (Wildman–Crippen LogP) is -4.31. The number of nitrogen functional groups attached to an aromatic ring is 3. The summed E-state index contributed by atoms with van der Waals surface area (Å²) in [5.74, 6) is -4.83. The van der Waals surface area contributed by atoms with Crippen molar-refractivity contribution >= 4 is 95.5 Å². The number of nitrogens with two attached hydrogens (primary N) is 3. The van der Waals surface area contributed by atoms with Gasteiger partial charge in [-0.2, -0.15) is 4.98 Å². The molecule has 3 saturated heterocycles. The van der Waals surface area contributed by atoms with Gasteiger partial charge in [-0.3, -0.25) is 56.2 Å². The first-order valence-electron chi connectivity index (χ1n) is 23.8. The fraction of sp³-hybridized carbons (Fsp3) is 0.568. The Kier molecular flexibility index (Phi) is 17.3. The number of aromatic amines is 2. The summed E-state index contributed by atoms with van der Waals surface area (Å²) in [6.45, 7) is -3.51. The lowest BCUT2D eigenvalue weighted by Crippen LogP contribution is -2.45. The number of nitrogens with zero attached hydrogens (tertiary/aromatic N) is 11. The van der Waals surface area contributed by atoms with Crippen molar-refractivity contribution in [2.75, 3.05) is 64.1 Å². The summed E-state index contributed by atoms with van der Waals surface area (Å²) in [6, 6.07) is 0. The molecule has 15 N–H and O–H groups in total. The number of phosphoric ester groups is 2. The van der Waals surface area contributed by atoms with Crippen molar-refractivity contribution in [1.82, 2.24) is 58.5 Å². The van der Waals surface area contributed by atoms with Crippen LogP contribution in [0, 0.1) is 5.92 Å². The van der Waals surface area contributed by atoms with E-state index in [9.17, 15) is 77.0 Å². The first-order valence-corrected chi connectivity index (χ1v) is 31.9. The number of aromatic nitrogens is 12. The minimum Gasteiger partial charge on any atom is -0.778 e. The number of anilines is 3. The quantitative estimate of drug-likeness (QED) is 0.0226. The summed E-state index contributed by atoms with van der Waals surface area (Å²) in [6.07, 6.45) is -12.9. The largest absolute Gasteiger partial charge is 0.778 e. The molecule has 9 rings (SSSR count). The van der Waals surface area contributed by atoms with Crippen LogP contribution in [0.3, 0.4) is 0 Å². The molecular formula is C37H53N16O25P5. The molecule has 0 aliphatic carbocycles. The van der Waals surface area contributed by atoms with Gasteiger partial charge < -0.3 is 89.9 Å². The molecule has 17 atom stereocenters. The van der Waals surface area contributed by atoms with Crippen molar-refractivity contribution in [2.45, 2.75) is 73.5 Å². The highest BCUT2D eigenvalue weighted by atomic mass is 31.3. The number of imidazole rings is 3. The van der Waals surface area contributed by atoms with Crippen LogP contribution in [-0.4, -0.2) is 195 Å². The second kappa shape index (κ2) is 23.1. The standard InChI is InChI=1S/C37H53N16O25P5/c1-49(2)18(54)5-14-15(74-33(22(14)55)53-12-50(3)21-30(53)46-37(40)48-32(21)59)6-72-82(66,67)77-79(60,61)13-80(62,63)78-83(68,69)73-8-17-26(25(70-4)35(76-17)51-10-43-19-27(38)41-9-42-28(19)51)81(64,65)71-7-16-23(56)24(57)34(75-16)52-11-44-20-29(52)45-36(39)47-31(20)58/h9-12,14-17,22-26,33-35,55-57H,5-8,13H2,1-4H3,(H12-,38,39,40,41,42,45,46,47,48,58,59,60,61,62,63,64,65,66,67,68,69)/t14-,15-,16-,17-,22-,23-,24-,25-,26-,33?,34-,35-/m1/s1. The minimum absolute atomic E-state index is 0.00147. The van der Waals surface area contributed by atoms with Crippen molar-refractivity contribution in [2.24, 2.45) is 13.0 Å². The number of carbonyl (C=O) groups excluding carboxylic acids is 1. The Morgan fingerprint density at radius 1 is 0.759 bits per heavy atom. The van der Waals surface area contributed by atoms with Crippen molar-refractivity contribution in [3.8, 4) is 0 Å². The predicted molar refractivity (Wildman–Crippen MR) is 271 cm³/mol. The zero-order chi connectivity index (χ0) is 60.6. The van der Waals surface area contributed by atoms with Gasteiger partial charge >= 0.3 is 36.5 Å². The summed E-state index contributed by atoms with van der Waals surface area (Å²) in [4.78, 5) is 125. The van der Waals surface area contributed by atoms with E-state index in [2.05, 4.69) is 48.5 Å². The van der Waals surface area contributed by atoms with Crippen LogP contribution in [0.4, 0.5) is 17.7 Å². The maximum absolute atomic E-state index is 14.3. The van der Waals surface area contributed by atoms with Gasteiger partial charge in [0.05, 0.1) is 57.4 Å². The molecule has 46 heteroatoms. The number of aliphatic hydroxyl groups is 3. The van der Waals surface area contributed by atoms with Gasteiger partial charge in [0.25, 0.3) is 17.1 Å². The van der Waals surface area contributed by atoms with Gasteiger partial charge in [0, 0.05) is 33.5 Å². The van der Waals surface area contributed by atoms with Gasteiger partial charge in [0.1, 0.15) is 50.0 Å². The SMILES string of the molecule is CO[C@@H]1[C@H](P(=O)([O-])OC[C@H]2O[C@@H](n3cnc4c(=O)[nH]c(N)nc43)[C@H](O)[C@@H]2O)[C@@H](COP(=O)(O)OP(=O)(O)CP(=O)(O)OP(=O)(O)OC[C@H]2OC([n+]3cn(C)c4c(=O)[nH]c(N)nc43)[C@H](O)[C@@H]2CC(=O)N(C)C)O[C@H]1n1cnc2c(N)ncnc21. The molecule has 3 fully saturated rings. The first kappa shape index (κ1) is 62.1. The number of H-pyrrole nitrogens is 2. The maximum Gasteiger partial charge on any atom is 0.479 e. The normalized spacial score (nSPS) is 29.4. The van der Waals surface area contributed by atoms with Crippen LogP contribution >= 0.6 is 38.4 Å². The number of amides is 1. The van der Waals surface area contributed by atoms with Crippen molar-refractivity contribution < 1.29 is 113 Å². The Morgan fingerprint density at radius 3 is 1.98 bits per heavy atom. The number of fused-ring (bicyclic) bond motifs is 3. The smallest absolute Gasteiger partial charge is 0.479 e. The Bertz CT molecular complexity index is 3840. The minimum atomic E-state index is -6.05. The highest BCUT2D eigenvalue weighted by Crippen LogP contribution is 2.70. The highest BCUT2D eigenvalue weighted by molar-refractivity contribution is 7.76. The summed E-state index contributed by atoms with van der Waals surface area (Å²) < 4.78 is 119. The average molecular weight is 1280 g/mol. The van der Waals surface area contributed by atoms with Crippen LogP contribution in [0.15, 0.2) is 34.9 Å². The number of methoxy groups -OCH3 is 1. The fourth-order valence-electron chi connectivity index (χ4n) is 9.52. The Balaban J connectivity index is 0.876. The van der Waals surface area contributed by atoms with Crippen molar-refractivity contribution in [3.63, 3.8) is 0 Å². The molecule has 3 aliphatic heterocycles. The van der Waals surface area contributed by atoms with E-state index in [-0.39, 0.29) is 51.2 Å². The van der Waals surface area contributed by atoms with Gasteiger partial charge in [-0.1, -0.05) is 4.98 Å². The van der Waals surface area contributed by atoms with Gasteiger partial charge in [-0.15, -0.1) is 0 Å². The number of hydrogen-bond donors (Lipinski definition) is 12. The second-order valence-corrected chi connectivity index (χ2v) is 28.4. The van der Waals surface area contributed by atoms with E-state index in [0.717, 1.165) is 40.1 Å². The fourth-order valence-corrected chi connectivity index (χ4v) is 18.0. The van der Waals surface area contributed by atoms with E-state index in [1.807, 2.05) is 0 Å². The number of phosphoric acid groups is 2. The van der Waals surface area contributed by atoms with Gasteiger partial charge in [0.15, 0.2) is 47.3 Å². The lowest BCUT2D eigenvalue weighted by atomic mass is 9.94. The lowest BCUT2D eigenvalue weighted by Gasteiger charge is -2.35.